The monoisotopic (exact) mass is 453 g/mol. The first kappa shape index (κ1) is 21.7. The molecule has 3 heterocycles. The van der Waals surface area contributed by atoms with Crippen LogP contribution in [0.2, 0.25) is 0 Å². The molecule has 2 aliphatic rings. The van der Waals surface area contributed by atoms with Crippen LogP contribution in [0.4, 0.5) is 5.95 Å². The predicted octanol–water partition coefficient (Wildman–Crippen LogP) is 1.68. The number of hydrogen-bond donors (Lipinski definition) is 3. The summed E-state index contributed by atoms with van der Waals surface area (Å²) in [6.45, 7) is 4.00. The number of aromatic nitrogens is 4. The van der Waals surface area contributed by atoms with Crippen LogP contribution in [0.15, 0.2) is 36.7 Å². The second-order valence-electron chi connectivity index (χ2n) is 9.11. The van der Waals surface area contributed by atoms with Gasteiger partial charge in [0.15, 0.2) is 11.2 Å². The highest BCUT2D eigenvalue weighted by molar-refractivity contribution is 5.91. The summed E-state index contributed by atoms with van der Waals surface area (Å²) in [6, 6.07) is 9.40. The highest BCUT2D eigenvalue weighted by Crippen LogP contribution is 2.52. The van der Waals surface area contributed by atoms with Gasteiger partial charge in [-0.2, -0.15) is 9.97 Å². The molecule has 3 aromatic rings. The van der Waals surface area contributed by atoms with Crippen molar-refractivity contribution in [1.82, 2.24) is 19.5 Å². The van der Waals surface area contributed by atoms with Gasteiger partial charge >= 0.3 is 0 Å². The van der Waals surface area contributed by atoms with Crippen molar-refractivity contribution in [1.29, 1.82) is 0 Å². The van der Waals surface area contributed by atoms with Gasteiger partial charge in [0.1, 0.15) is 12.7 Å². The zero-order valence-corrected chi connectivity index (χ0v) is 18.5. The normalized spacial score (nSPS) is 26.3. The van der Waals surface area contributed by atoms with E-state index in [4.69, 9.17) is 9.47 Å². The van der Waals surface area contributed by atoms with Crippen LogP contribution in [0.3, 0.4) is 0 Å². The predicted molar refractivity (Wildman–Crippen MR) is 118 cm³/mol. The van der Waals surface area contributed by atoms with Gasteiger partial charge in [0.2, 0.25) is 17.7 Å². The molecule has 1 amide bonds. The van der Waals surface area contributed by atoms with E-state index < -0.39 is 17.6 Å². The number of hydrogen-bond acceptors (Lipinski definition) is 8. The number of nitrogens with one attached hydrogen (secondary N) is 1. The lowest BCUT2D eigenvalue weighted by Crippen LogP contribution is -2.34. The Hall–Kier alpha value is -3.08. The SMILES string of the molecule is CC(C)C(=O)Nc1nc(OCc2ccccc2)c2ncn([C@@H]3C[C@@]4(CO)CO[C@H]3C4O)c2n1. The minimum Gasteiger partial charge on any atom is -0.471 e. The molecule has 174 valence electrons. The molecule has 1 saturated heterocycles. The summed E-state index contributed by atoms with van der Waals surface area (Å²) in [5, 5.41) is 23.3. The number of ether oxygens (including phenoxy) is 2. The molecule has 1 unspecified atom stereocenters. The number of rotatable bonds is 7. The molecule has 1 aliphatic heterocycles. The van der Waals surface area contributed by atoms with Crippen LogP contribution in [0.25, 0.3) is 11.2 Å². The van der Waals surface area contributed by atoms with Crippen LogP contribution in [0.5, 0.6) is 5.88 Å². The molecule has 3 N–H and O–H groups in total. The van der Waals surface area contributed by atoms with Crippen LogP contribution in [0, 0.1) is 11.3 Å². The number of carbonyl (C=O) groups is 1. The van der Waals surface area contributed by atoms with Gasteiger partial charge in [-0.1, -0.05) is 44.2 Å². The molecule has 5 rings (SSSR count). The minimum atomic E-state index is -0.777. The van der Waals surface area contributed by atoms with E-state index in [0.29, 0.717) is 24.2 Å². The number of aliphatic hydroxyl groups excluding tert-OH is 2. The van der Waals surface area contributed by atoms with Gasteiger partial charge in [0, 0.05) is 11.3 Å². The summed E-state index contributed by atoms with van der Waals surface area (Å²) in [7, 11) is 0. The Bertz CT molecular complexity index is 1170. The molecule has 10 nitrogen and oxygen atoms in total. The summed E-state index contributed by atoms with van der Waals surface area (Å²) >= 11 is 0. The van der Waals surface area contributed by atoms with Crippen molar-refractivity contribution < 1.29 is 24.5 Å². The molecular formula is C23H27N5O5. The molecule has 4 atom stereocenters. The number of anilines is 1. The smallest absolute Gasteiger partial charge is 0.247 e. The maximum Gasteiger partial charge on any atom is 0.247 e. The number of nitrogens with zero attached hydrogens (tertiary/aromatic N) is 4. The van der Waals surface area contributed by atoms with Crippen LogP contribution in [-0.4, -0.2) is 61.1 Å². The fraction of sp³-hybridized carbons (Fsp3) is 0.478. The fourth-order valence-corrected chi connectivity index (χ4v) is 4.55. The molecule has 1 aliphatic carbocycles. The lowest BCUT2D eigenvalue weighted by atomic mass is 9.87. The quantitative estimate of drug-likeness (QED) is 0.492. The summed E-state index contributed by atoms with van der Waals surface area (Å²) in [5.41, 5.74) is 1.18. The third kappa shape index (κ3) is 3.73. The van der Waals surface area contributed by atoms with Crippen LogP contribution < -0.4 is 10.1 Å². The number of carbonyl (C=O) groups excluding carboxylic acids is 1. The Morgan fingerprint density at radius 2 is 2.12 bits per heavy atom. The summed E-state index contributed by atoms with van der Waals surface area (Å²) in [4.78, 5) is 25.8. The molecule has 1 saturated carbocycles. The molecule has 0 radical (unpaired) electrons. The second kappa shape index (κ2) is 8.36. The highest BCUT2D eigenvalue weighted by atomic mass is 16.5. The van der Waals surface area contributed by atoms with E-state index in [9.17, 15) is 15.0 Å². The van der Waals surface area contributed by atoms with Gasteiger partial charge < -0.3 is 24.3 Å². The number of amides is 1. The molecule has 10 heteroatoms. The molecule has 2 bridgehead atoms. The van der Waals surface area contributed by atoms with E-state index >= 15 is 0 Å². The molecule has 0 spiro atoms. The van der Waals surface area contributed by atoms with E-state index in [-0.39, 0.29) is 42.9 Å². The van der Waals surface area contributed by atoms with Crippen molar-refractivity contribution in [3.05, 3.63) is 42.2 Å². The van der Waals surface area contributed by atoms with Gasteiger partial charge in [-0.15, -0.1) is 0 Å². The van der Waals surface area contributed by atoms with Crippen molar-refractivity contribution in [2.75, 3.05) is 18.5 Å². The molecule has 2 fully saturated rings. The Balaban J connectivity index is 1.53. The van der Waals surface area contributed by atoms with Crippen LogP contribution >= 0.6 is 0 Å². The van der Waals surface area contributed by atoms with Gasteiger partial charge in [0.05, 0.1) is 31.7 Å². The van der Waals surface area contributed by atoms with E-state index in [2.05, 4.69) is 20.3 Å². The van der Waals surface area contributed by atoms with Gasteiger partial charge in [-0.3, -0.25) is 10.1 Å². The Kier molecular flexibility index (Phi) is 5.51. The average molecular weight is 453 g/mol. The maximum absolute atomic E-state index is 12.3. The van der Waals surface area contributed by atoms with Gasteiger partial charge in [0.25, 0.3) is 0 Å². The maximum atomic E-state index is 12.3. The number of imidazole rings is 1. The van der Waals surface area contributed by atoms with E-state index in [0.717, 1.165) is 5.56 Å². The highest BCUT2D eigenvalue weighted by Gasteiger charge is 2.60. The topological polar surface area (TPSA) is 132 Å². The number of benzene rings is 1. The zero-order chi connectivity index (χ0) is 23.2. The second-order valence-corrected chi connectivity index (χ2v) is 9.11. The lowest BCUT2D eigenvalue weighted by Gasteiger charge is -2.28. The summed E-state index contributed by atoms with van der Waals surface area (Å²) < 4.78 is 13.6. The first-order valence-electron chi connectivity index (χ1n) is 11.0. The summed E-state index contributed by atoms with van der Waals surface area (Å²) in [5.74, 6) is -0.0931. The van der Waals surface area contributed by atoms with Crippen molar-refractivity contribution in [2.45, 2.75) is 45.1 Å². The molecule has 33 heavy (non-hydrogen) atoms. The van der Waals surface area contributed by atoms with Crippen molar-refractivity contribution in [3.63, 3.8) is 0 Å². The lowest BCUT2D eigenvalue weighted by molar-refractivity contribution is -0.118. The number of aliphatic hydroxyl groups is 2. The van der Waals surface area contributed by atoms with Crippen molar-refractivity contribution >= 4 is 23.0 Å². The van der Waals surface area contributed by atoms with Crippen molar-refractivity contribution in [2.24, 2.45) is 11.3 Å². The standard InChI is InChI=1S/C23H27N5O5/c1-13(2)20(31)26-22-25-19-16(21(27-22)32-9-14-6-4-3-5-7-14)24-12-28(19)15-8-23(10-29)11-33-17(15)18(23)30/h3-7,12-13,15,17-18,29-30H,8-11H2,1-2H3,(H,25,26,27,31)/t15-,17-,18?,23-/m1/s1. The largest absolute Gasteiger partial charge is 0.471 e. The third-order valence-corrected chi connectivity index (χ3v) is 6.54. The molecule has 2 aromatic heterocycles. The van der Waals surface area contributed by atoms with E-state index in [1.54, 1.807) is 20.2 Å². The van der Waals surface area contributed by atoms with Gasteiger partial charge in [-0.25, -0.2) is 4.98 Å². The zero-order valence-electron chi connectivity index (χ0n) is 18.5. The Morgan fingerprint density at radius 1 is 1.33 bits per heavy atom. The fourth-order valence-electron chi connectivity index (χ4n) is 4.55. The minimum absolute atomic E-state index is 0.118. The van der Waals surface area contributed by atoms with Crippen LogP contribution in [-0.2, 0) is 16.1 Å². The van der Waals surface area contributed by atoms with Crippen molar-refractivity contribution in [3.8, 4) is 5.88 Å². The molecular weight excluding hydrogens is 426 g/mol. The van der Waals surface area contributed by atoms with Gasteiger partial charge in [-0.05, 0) is 12.0 Å². The Labute approximate surface area is 190 Å². The molecule has 1 aromatic carbocycles. The van der Waals surface area contributed by atoms with Crippen LogP contribution in [0.1, 0.15) is 31.9 Å². The average Bonchev–Trinajstić information content (AvgIpc) is 3.47. The Morgan fingerprint density at radius 3 is 2.82 bits per heavy atom. The third-order valence-electron chi connectivity index (χ3n) is 6.54. The van der Waals surface area contributed by atoms with E-state index in [1.807, 2.05) is 34.9 Å². The number of fused-ring (bicyclic) bond motifs is 3. The summed E-state index contributed by atoms with van der Waals surface area (Å²) in [6.07, 6.45) is 0.890. The first-order chi connectivity index (χ1) is 15.9. The first-order valence-corrected chi connectivity index (χ1v) is 11.0. The van der Waals surface area contributed by atoms with E-state index in [1.165, 1.54) is 0 Å².